The van der Waals surface area contributed by atoms with Gasteiger partial charge in [-0.2, -0.15) is 0 Å². The second-order valence-electron chi connectivity index (χ2n) is 7.02. The first-order valence-corrected chi connectivity index (χ1v) is 10.2. The van der Waals surface area contributed by atoms with Crippen molar-refractivity contribution in [3.63, 3.8) is 0 Å². The fourth-order valence-electron chi connectivity index (χ4n) is 2.92. The summed E-state index contributed by atoms with van der Waals surface area (Å²) in [7, 11) is 0. The second-order valence-corrected chi connectivity index (χ2v) is 7.02. The summed E-state index contributed by atoms with van der Waals surface area (Å²) in [6.45, 7) is 2.22. The molecule has 0 atom stereocenters. The summed E-state index contributed by atoms with van der Waals surface area (Å²) in [5, 5.41) is 11.5. The standard InChI is InChI=1S/C22H33NO4/c1-2-3-4-5-6-7-8-9-10-11-21(25)23-19-14-12-18(13-15-19)20(24)16-17-22(26)27/h12-15H,2-11,16-17H2,1H3,(H,23,25)(H,26,27). The van der Waals surface area contributed by atoms with Crippen LogP contribution in [0.5, 0.6) is 0 Å². The van der Waals surface area contributed by atoms with Gasteiger partial charge in [-0.25, -0.2) is 0 Å². The van der Waals surface area contributed by atoms with Crippen molar-refractivity contribution in [2.45, 2.75) is 84.0 Å². The minimum Gasteiger partial charge on any atom is -0.481 e. The molecule has 0 aliphatic carbocycles. The lowest BCUT2D eigenvalue weighted by molar-refractivity contribution is -0.137. The number of unbranched alkanes of at least 4 members (excludes halogenated alkanes) is 8. The van der Waals surface area contributed by atoms with Crippen LogP contribution in [0.25, 0.3) is 0 Å². The quantitative estimate of drug-likeness (QED) is 0.309. The molecule has 1 amide bonds. The molecule has 0 unspecified atom stereocenters. The van der Waals surface area contributed by atoms with Crippen LogP contribution in [0.15, 0.2) is 24.3 Å². The van der Waals surface area contributed by atoms with Gasteiger partial charge < -0.3 is 10.4 Å². The van der Waals surface area contributed by atoms with Gasteiger partial charge in [0.05, 0.1) is 6.42 Å². The highest BCUT2D eigenvalue weighted by Crippen LogP contribution is 2.14. The molecular formula is C22H33NO4. The van der Waals surface area contributed by atoms with Gasteiger partial charge in [-0.05, 0) is 30.7 Å². The number of carbonyl (C=O) groups is 3. The van der Waals surface area contributed by atoms with Crippen LogP contribution in [0.4, 0.5) is 5.69 Å². The first-order valence-electron chi connectivity index (χ1n) is 10.2. The van der Waals surface area contributed by atoms with E-state index in [9.17, 15) is 14.4 Å². The zero-order chi connectivity index (χ0) is 19.9. The predicted octanol–water partition coefficient (Wildman–Crippen LogP) is 5.59. The molecule has 0 saturated heterocycles. The number of aliphatic carboxylic acids is 1. The number of amides is 1. The molecule has 1 rings (SSSR count). The van der Waals surface area contributed by atoms with E-state index in [1.807, 2.05) is 0 Å². The Kier molecular flexibility index (Phi) is 11.8. The third-order valence-corrected chi connectivity index (χ3v) is 4.56. The normalized spacial score (nSPS) is 10.6. The minimum absolute atomic E-state index is 0.0112. The van der Waals surface area contributed by atoms with Crippen LogP contribution in [0.3, 0.4) is 0 Å². The van der Waals surface area contributed by atoms with Gasteiger partial charge in [0.2, 0.25) is 5.91 Å². The van der Waals surface area contributed by atoms with Crippen LogP contribution in [-0.4, -0.2) is 22.8 Å². The molecule has 0 spiro atoms. The van der Waals surface area contributed by atoms with Crippen LogP contribution >= 0.6 is 0 Å². The summed E-state index contributed by atoms with van der Waals surface area (Å²) in [6, 6.07) is 6.61. The van der Waals surface area contributed by atoms with Crippen molar-refractivity contribution in [3.05, 3.63) is 29.8 Å². The molecule has 0 aliphatic heterocycles. The van der Waals surface area contributed by atoms with Crippen molar-refractivity contribution in [3.8, 4) is 0 Å². The molecule has 5 nitrogen and oxygen atoms in total. The van der Waals surface area contributed by atoms with Crippen molar-refractivity contribution in [1.29, 1.82) is 0 Å². The Bertz CT molecular complexity index is 580. The first-order chi connectivity index (χ1) is 13.0. The molecule has 0 heterocycles. The third-order valence-electron chi connectivity index (χ3n) is 4.56. The number of ketones is 1. The van der Waals surface area contributed by atoms with Gasteiger partial charge in [0.15, 0.2) is 5.78 Å². The Hall–Kier alpha value is -2.17. The summed E-state index contributed by atoms with van der Waals surface area (Å²) in [6.07, 6.45) is 11.3. The molecule has 0 fully saturated rings. The molecule has 0 radical (unpaired) electrons. The van der Waals surface area contributed by atoms with E-state index < -0.39 is 5.97 Å². The van der Waals surface area contributed by atoms with E-state index in [1.54, 1.807) is 24.3 Å². The number of carbonyl (C=O) groups excluding carboxylic acids is 2. The van der Waals surface area contributed by atoms with E-state index in [-0.39, 0.29) is 24.5 Å². The Labute approximate surface area is 162 Å². The number of hydrogen-bond acceptors (Lipinski definition) is 3. The van der Waals surface area contributed by atoms with Gasteiger partial charge in [-0.3, -0.25) is 14.4 Å². The van der Waals surface area contributed by atoms with Crippen molar-refractivity contribution in [2.24, 2.45) is 0 Å². The molecule has 0 aliphatic rings. The topological polar surface area (TPSA) is 83.5 Å². The Morgan fingerprint density at radius 3 is 1.89 bits per heavy atom. The predicted molar refractivity (Wildman–Crippen MR) is 108 cm³/mol. The van der Waals surface area contributed by atoms with E-state index in [0.717, 1.165) is 12.8 Å². The summed E-state index contributed by atoms with van der Waals surface area (Å²) in [4.78, 5) is 34.3. The van der Waals surface area contributed by atoms with Gasteiger partial charge in [-0.15, -0.1) is 0 Å². The maximum absolute atomic E-state index is 12.0. The second kappa shape index (κ2) is 14.0. The molecule has 150 valence electrons. The highest BCUT2D eigenvalue weighted by Gasteiger charge is 2.09. The van der Waals surface area contributed by atoms with Crippen LogP contribution in [-0.2, 0) is 9.59 Å². The number of carboxylic acid groups (broad SMARTS) is 1. The highest BCUT2D eigenvalue weighted by atomic mass is 16.4. The Morgan fingerprint density at radius 1 is 0.778 bits per heavy atom. The summed E-state index contributed by atoms with van der Waals surface area (Å²) in [5.41, 5.74) is 1.12. The highest BCUT2D eigenvalue weighted by molar-refractivity contribution is 5.98. The molecule has 1 aromatic carbocycles. The Morgan fingerprint density at radius 2 is 1.33 bits per heavy atom. The largest absolute Gasteiger partial charge is 0.481 e. The number of anilines is 1. The zero-order valence-electron chi connectivity index (χ0n) is 16.5. The van der Waals surface area contributed by atoms with Crippen LogP contribution in [0.2, 0.25) is 0 Å². The number of nitrogens with one attached hydrogen (secondary N) is 1. The van der Waals surface area contributed by atoms with Gasteiger partial charge >= 0.3 is 5.97 Å². The molecule has 2 N–H and O–H groups in total. The first kappa shape index (κ1) is 22.9. The molecule has 5 heteroatoms. The summed E-state index contributed by atoms with van der Waals surface area (Å²) in [5.74, 6) is -1.20. The van der Waals surface area contributed by atoms with Crippen molar-refractivity contribution < 1.29 is 19.5 Å². The van der Waals surface area contributed by atoms with Crippen molar-refractivity contribution >= 4 is 23.3 Å². The lowest BCUT2D eigenvalue weighted by Gasteiger charge is -2.06. The van der Waals surface area contributed by atoms with Crippen LogP contribution in [0.1, 0.15) is 94.3 Å². The average Bonchev–Trinajstić information content (AvgIpc) is 2.65. The molecule has 1 aromatic rings. The van der Waals surface area contributed by atoms with Crippen molar-refractivity contribution in [2.75, 3.05) is 5.32 Å². The minimum atomic E-state index is -0.983. The zero-order valence-corrected chi connectivity index (χ0v) is 16.5. The Balaban J connectivity index is 2.17. The molecular weight excluding hydrogens is 342 g/mol. The van der Waals surface area contributed by atoms with Crippen molar-refractivity contribution in [1.82, 2.24) is 0 Å². The molecule has 0 bridgehead atoms. The number of rotatable bonds is 15. The van der Waals surface area contributed by atoms with E-state index in [0.29, 0.717) is 17.7 Å². The maximum atomic E-state index is 12.0. The smallest absolute Gasteiger partial charge is 0.303 e. The number of Topliss-reactive ketones (excluding diaryl/α,β-unsaturated/α-hetero) is 1. The summed E-state index contributed by atoms with van der Waals surface area (Å²) >= 11 is 0. The SMILES string of the molecule is CCCCCCCCCCCC(=O)Nc1ccc(C(=O)CCC(=O)O)cc1. The number of carboxylic acids is 1. The van der Waals surface area contributed by atoms with Gasteiger partial charge in [0, 0.05) is 24.1 Å². The number of benzene rings is 1. The van der Waals surface area contributed by atoms with E-state index in [4.69, 9.17) is 5.11 Å². The van der Waals surface area contributed by atoms with E-state index >= 15 is 0 Å². The van der Waals surface area contributed by atoms with E-state index in [2.05, 4.69) is 12.2 Å². The molecule has 0 saturated carbocycles. The molecule has 27 heavy (non-hydrogen) atoms. The fraction of sp³-hybridized carbons (Fsp3) is 0.591. The number of hydrogen-bond donors (Lipinski definition) is 2. The van der Waals surface area contributed by atoms with Crippen LogP contribution in [0, 0.1) is 0 Å². The van der Waals surface area contributed by atoms with Gasteiger partial charge in [0.1, 0.15) is 0 Å². The lowest BCUT2D eigenvalue weighted by Crippen LogP contribution is -2.11. The molecule has 0 aromatic heterocycles. The van der Waals surface area contributed by atoms with Crippen LogP contribution < -0.4 is 5.32 Å². The monoisotopic (exact) mass is 375 g/mol. The maximum Gasteiger partial charge on any atom is 0.303 e. The fourth-order valence-corrected chi connectivity index (χ4v) is 2.92. The van der Waals surface area contributed by atoms with Gasteiger partial charge in [0.25, 0.3) is 0 Å². The third kappa shape index (κ3) is 11.2. The van der Waals surface area contributed by atoms with Gasteiger partial charge in [-0.1, -0.05) is 58.3 Å². The van der Waals surface area contributed by atoms with E-state index in [1.165, 1.54) is 44.9 Å². The average molecular weight is 376 g/mol. The lowest BCUT2D eigenvalue weighted by atomic mass is 10.1. The summed E-state index contributed by atoms with van der Waals surface area (Å²) < 4.78 is 0.